The molecule has 0 aliphatic carbocycles. The number of ether oxygens (including phenoxy) is 2. The zero-order valence-electron chi connectivity index (χ0n) is 17.1. The predicted molar refractivity (Wildman–Crippen MR) is 111 cm³/mol. The summed E-state index contributed by atoms with van der Waals surface area (Å²) in [5.74, 6) is 0. The third-order valence-corrected chi connectivity index (χ3v) is 6.28. The molecule has 6 nitrogen and oxygen atoms in total. The van der Waals surface area contributed by atoms with Gasteiger partial charge in [-0.1, -0.05) is 6.08 Å². The molecule has 0 radical (unpaired) electrons. The summed E-state index contributed by atoms with van der Waals surface area (Å²) in [5.41, 5.74) is 0.816. The lowest BCUT2D eigenvalue weighted by atomic mass is 10.0. The van der Waals surface area contributed by atoms with E-state index in [-0.39, 0.29) is 18.4 Å². The molecule has 2 aromatic heterocycles. The zero-order chi connectivity index (χ0) is 19.9. The number of carbonyl (C=O) groups excluding carboxylic acids is 1. The fourth-order valence-electron chi connectivity index (χ4n) is 3.77. The van der Waals surface area contributed by atoms with Crippen LogP contribution in [0.5, 0.6) is 0 Å². The van der Waals surface area contributed by atoms with E-state index in [1.807, 2.05) is 32.4 Å². The number of fused-ring (bicyclic) bond motifs is 1. The first-order valence-corrected chi connectivity index (χ1v) is 10.9. The van der Waals surface area contributed by atoms with E-state index >= 15 is 0 Å². The Kier molecular flexibility index (Phi) is 5.22. The molecule has 28 heavy (non-hydrogen) atoms. The average Bonchev–Trinajstić information content (AvgIpc) is 3.20. The fourth-order valence-corrected chi connectivity index (χ4v) is 4.83. The normalized spacial score (nSPS) is 23.7. The van der Waals surface area contributed by atoms with Crippen molar-refractivity contribution in [2.45, 2.75) is 71.2 Å². The van der Waals surface area contributed by atoms with Crippen molar-refractivity contribution in [3.63, 3.8) is 0 Å². The summed E-state index contributed by atoms with van der Waals surface area (Å²) in [4.78, 5) is 16.5. The van der Waals surface area contributed by atoms with Crippen molar-refractivity contribution >= 4 is 33.2 Å². The molecule has 152 valence electrons. The summed E-state index contributed by atoms with van der Waals surface area (Å²) in [7, 11) is 0. The Morgan fingerprint density at radius 1 is 1.36 bits per heavy atom. The number of rotatable bonds is 2. The molecule has 2 unspecified atom stereocenters. The van der Waals surface area contributed by atoms with Crippen molar-refractivity contribution in [3.05, 3.63) is 23.2 Å². The van der Waals surface area contributed by atoms with Gasteiger partial charge in [0.25, 0.3) is 0 Å². The molecule has 1 fully saturated rings. The predicted octanol–water partition coefficient (Wildman–Crippen LogP) is 5.21. The minimum absolute atomic E-state index is 0.0172. The van der Waals surface area contributed by atoms with E-state index in [4.69, 9.17) is 14.6 Å². The maximum absolute atomic E-state index is 12.4. The Labute approximate surface area is 170 Å². The van der Waals surface area contributed by atoms with Crippen LogP contribution in [-0.2, 0) is 9.47 Å². The number of nitrogens with zero attached hydrogens (tertiary/aromatic N) is 3. The van der Waals surface area contributed by atoms with E-state index in [1.165, 1.54) is 16.9 Å². The Morgan fingerprint density at radius 2 is 2.18 bits per heavy atom. The van der Waals surface area contributed by atoms with Crippen LogP contribution >= 0.6 is 11.3 Å². The van der Waals surface area contributed by atoms with Crippen molar-refractivity contribution in [2.24, 2.45) is 0 Å². The van der Waals surface area contributed by atoms with Crippen LogP contribution in [0.4, 0.5) is 4.79 Å². The molecule has 4 rings (SSSR count). The van der Waals surface area contributed by atoms with Gasteiger partial charge in [-0.05, 0) is 65.0 Å². The molecule has 4 heterocycles. The highest BCUT2D eigenvalue weighted by Crippen LogP contribution is 2.35. The molecule has 0 saturated carbocycles. The molecule has 2 aromatic rings. The van der Waals surface area contributed by atoms with E-state index in [2.05, 4.69) is 18.3 Å². The van der Waals surface area contributed by atoms with Crippen LogP contribution in [0, 0.1) is 0 Å². The van der Waals surface area contributed by atoms with Crippen LogP contribution in [0.15, 0.2) is 18.3 Å². The maximum Gasteiger partial charge on any atom is 0.410 e. The lowest BCUT2D eigenvalue weighted by molar-refractivity contribution is -0.0390. The fraction of sp³-hybridized carbons (Fsp3) is 0.619. The molecule has 1 saturated heterocycles. The monoisotopic (exact) mass is 403 g/mol. The first-order valence-electron chi connectivity index (χ1n) is 10.1. The molecular weight excluding hydrogens is 374 g/mol. The van der Waals surface area contributed by atoms with Crippen molar-refractivity contribution in [1.29, 1.82) is 0 Å². The van der Waals surface area contributed by atoms with Gasteiger partial charge in [-0.15, -0.1) is 11.3 Å². The molecule has 7 heteroatoms. The number of thiophene rings is 1. The van der Waals surface area contributed by atoms with E-state index in [0.717, 1.165) is 36.1 Å². The van der Waals surface area contributed by atoms with Crippen LogP contribution in [0.1, 0.15) is 64.5 Å². The first-order chi connectivity index (χ1) is 13.3. The van der Waals surface area contributed by atoms with E-state index in [1.54, 1.807) is 16.2 Å². The first kappa shape index (κ1) is 19.5. The highest BCUT2D eigenvalue weighted by atomic mass is 32.1. The van der Waals surface area contributed by atoms with Crippen molar-refractivity contribution in [1.82, 2.24) is 14.7 Å². The SMILES string of the molecule is CC1C=C(c2cc3cn(C4CCCCO4)nc3s2)CCN1C(=O)OC(C)(C)C. The molecule has 0 bridgehead atoms. The van der Waals surface area contributed by atoms with Gasteiger partial charge in [-0.3, -0.25) is 0 Å². The average molecular weight is 404 g/mol. The second-order valence-corrected chi connectivity index (χ2v) is 9.69. The Morgan fingerprint density at radius 3 is 2.82 bits per heavy atom. The quantitative estimate of drug-likeness (QED) is 0.691. The summed E-state index contributed by atoms with van der Waals surface area (Å²) in [5, 5.41) is 5.92. The number of hydrogen-bond donors (Lipinski definition) is 0. The summed E-state index contributed by atoms with van der Waals surface area (Å²) < 4.78 is 13.3. The standard InChI is InChI=1S/C21H29N3O3S/c1-14-11-15(8-9-23(14)20(25)27-21(2,3)4)17-12-16-13-24(22-19(16)28-17)18-7-5-6-10-26-18/h11-14,18H,5-10H2,1-4H3. The zero-order valence-corrected chi connectivity index (χ0v) is 17.9. The third-order valence-electron chi connectivity index (χ3n) is 5.17. The van der Waals surface area contributed by atoms with Gasteiger partial charge in [0.05, 0.1) is 6.04 Å². The van der Waals surface area contributed by atoms with Gasteiger partial charge in [0, 0.05) is 29.6 Å². The van der Waals surface area contributed by atoms with Crippen LogP contribution in [0.2, 0.25) is 0 Å². The second kappa shape index (κ2) is 7.52. The van der Waals surface area contributed by atoms with Crippen molar-refractivity contribution < 1.29 is 14.3 Å². The van der Waals surface area contributed by atoms with Gasteiger partial charge in [0.2, 0.25) is 0 Å². The molecule has 0 N–H and O–H groups in total. The van der Waals surface area contributed by atoms with E-state index < -0.39 is 5.60 Å². The van der Waals surface area contributed by atoms with Gasteiger partial charge in [-0.25, -0.2) is 9.48 Å². The lowest BCUT2D eigenvalue weighted by Crippen LogP contribution is -2.43. The van der Waals surface area contributed by atoms with E-state index in [9.17, 15) is 4.79 Å². The maximum atomic E-state index is 12.4. The number of hydrogen-bond acceptors (Lipinski definition) is 5. The minimum Gasteiger partial charge on any atom is -0.444 e. The smallest absolute Gasteiger partial charge is 0.410 e. The van der Waals surface area contributed by atoms with Gasteiger partial charge >= 0.3 is 6.09 Å². The number of aromatic nitrogens is 2. The molecule has 2 atom stereocenters. The van der Waals surface area contributed by atoms with Gasteiger partial charge in [0.15, 0.2) is 0 Å². The molecule has 2 aliphatic rings. The Balaban J connectivity index is 1.48. The third kappa shape index (κ3) is 4.10. The summed E-state index contributed by atoms with van der Waals surface area (Å²) in [6, 6.07) is 2.23. The minimum atomic E-state index is -0.472. The van der Waals surface area contributed by atoms with Crippen LogP contribution in [-0.4, -0.2) is 45.6 Å². The number of amides is 1. The van der Waals surface area contributed by atoms with Crippen LogP contribution < -0.4 is 0 Å². The highest BCUT2D eigenvalue weighted by Gasteiger charge is 2.28. The largest absolute Gasteiger partial charge is 0.444 e. The molecule has 2 aliphatic heterocycles. The summed E-state index contributed by atoms with van der Waals surface area (Å²) in [6.45, 7) is 9.24. The van der Waals surface area contributed by atoms with Crippen LogP contribution in [0.3, 0.4) is 0 Å². The van der Waals surface area contributed by atoms with Gasteiger partial charge in [-0.2, -0.15) is 5.10 Å². The van der Waals surface area contributed by atoms with Crippen molar-refractivity contribution in [2.75, 3.05) is 13.2 Å². The van der Waals surface area contributed by atoms with Crippen LogP contribution in [0.25, 0.3) is 15.8 Å². The summed E-state index contributed by atoms with van der Waals surface area (Å²) in [6.07, 6.45) is 8.32. The highest BCUT2D eigenvalue weighted by molar-refractivity contribution is 7.19. The van der Waals surface area contributed by atoms with Gasteiger partial charge in [0.1, 0.15) is 16.7 Å². The number of carbonyl (C=O) groups is 1. The Bertz CT molecular complexity index is 855. The van der Waals surface area contributed by atoms with Crippen molar-refractivity contribution in [3.8, 4) is 0 Å². The van der Waals surface area contributed by atoms with Gasteiger partial charge < -0.3 is 14.4 Å². The molecule has 0 spiro atoms. The molecule has 0 aromatic carbocycles. The van der Waals surface area contributed by atoms with E-state index in [0.29, 0.717) is 6.54 Å². The lowest BCUT2D eigenvalue weighted by Gasteiger charge is -2.33. The molecular formula is C21H29N3O3S. The molecule has 1 amide bonds. The Hall–Kier alpha value is -1.86. The second-order valence-electron chi connectivity index (χ2n) is 8.66. The summed E-state index contributed by atoms with van der Waals surface area (Å²) >= 11 is 1.72. The topological polar surface area (TPSA) is 56.6 Å².